The minimum atomic E-state index is -0.920. The van der Waals surface area contributed by atoms with Gasteiger partial charge in [-0.15, -0.1) is 0 Å². The largest absolute Gasteiger partial charge is 0.489 e. The van der Waals surface area contributed by atoms with Crippen LogP contribution in [0.1, 0.15) is 39.2 Å². The number of carboxylic acid groups (broad SMARTS) is 1. The van der Waals surface area contributed by atoms with Gasteiger partial charge in [0.1, 0.15) is 11.9 Å². The second-order valence-corrected chi connectivity index (χ2v) is 6.46. The third-order valence-electron chi connectivity index (χ3n) is 3.74. The van der Waals surface area contributed by atoms with Crippen LogP contribution in [0.25, 0.3) is 0 Å². The number of carbonyl (C=O) groups is 2. The van der Waals surface area contributed by atoms with Gasteiger partial charge < -0.3 is 20.1 Å². The van der Waals surface area contributed by atoms with E-state index in [0.717, 1.165) is 5.75 Å². The van der Waals surface area contributed by atoms with Crippen LogP contribution >= 0.6 is 0 Å². The summed E-state index contributed by atoms with van der Waals surface area (Å²) in [6.07, 6.45) is -0.191. The Labute approximate surface area is 143 Å². The molecule has 0 saturated carbocycles. The third-order valence-corrected chi connectivity index (χ3v) is 3.74. The van der Waals surface area contributed by atoms with Crippen molar-refractivity contribution in [2.45, 2.75) is 39.7 Å². The number of carbonyl (C=O) groups excluding carboxylic acids is 1. The number of carboxylic acids is 1. The van der Waals surface area contributed by atoms with Crippen molar-refractivity contribution in [1.29, 1.82) is 0 Å². The molecule has 0 aliphatic carbocycles. The molecule has 24 heavy (non-hydrogen) atoms. The molecule has 1 aromatic rings. The van der Waals surface area contributed by atoms with E-state index in [1.54, 1.807) is 14.0 Å². The molecule has 0 heterocycles. The van der Waals surface area contributed by atoms with E-state index in [1.807, 2.05) is 31.2 Å². The van der Waals surface area contributed by atoms with Gasteiger partial charge in [0, 0.05) is 13.6 Å². The van der Waals surface area contributed by atoms with Crippen molar-refractivity contribution in [3.8, 4) is 5.75 Å². The standard InChI is InChI=1S/C18H28N2O4/c1-12(2)15-6-8-16(9-7-15)24-14(4)10-19-18(23)20(5)11-13(3)17(21)22/h6-9,12-14H,10-11H2,1-5H3,(H,19,23)(H,21,22). The molecule has 134 valence electrons. The second-order valence-electron chi connectivity index (χ2n) is 6.46. The molecule has 0 aliphatic heterocycles. The van der Waals surface area contributed by atoms with E-state index < -0.39 is 11.9 Å². The number of rotatable bonds is 8. The minimum Gasteiger partial charge on any atom is -0.489 e. The van der Waals surface area contributed by atoms with Crippen LogP contribution in [0.4, 0.5) is 4.79 Å². The molecule has 0 aliphatic rings. The molecule has 0 radical (unpaired) electrons. The Kier molecular flexibility index (Phi) is 7.55. The summed E-state index contributed by atoms with van der Waals surface area (Å²) < 4.78 is 5.77. The Hall–Kier alpha value is -2.24. The zero-order valence-electron chi connectivity index (χ0n) is 15.1. The molecule has 2 unspecified atom stereocenters. The van der Waals surface area contributed by atoms with Crippen LogP contribution in [0, 0.1) is 5.92 Å². The first-order valence-electron chi connectivity index (χ1n) is 8.19. The van der Waals surface area contributed by atoms with Crippen LogP contribution in [0.3, 0.4) is 0 Å². The maximum absolute atomic E-state index is 11.9. The van der Waals surface area contributed by atoms with Crippen molar-refractivity contribution in [2.24, 2.45) is 5.92 Å². The van der Waals surface area contributed by atoms with Gasteiger partial charge in [0.25, 0.3) is 0 Å². The molecule has 1 rings (SSSR count). The first kappa shape index (κ1) is 19.8. The number of nitrogens with one attached hydrogen (secondary N) is 1. The first-order chi connectivity index (χ1) is 11.2. The van der Waals surface area contributed by atoms with Gasteiger partial charge >= 0.3 is 12.0 Å². The van der Waals surface area contributed by atoms with E-state index >= 15 is 0 Å². The SMILES string of the molecule is CC(CNC(=O)N(C)CC(C)C(=O)O)Oc1ccc(C(C)C)cc1. The zero-order valence-corrected chi connectivity index (χ0v) is 15.1. The molecule has 0 aromatic heterocycles. The zero-order chi connectivity index (χ0) is 18.3. The normalized spacial score (nSPS) is 13.2. The molecule has 2 N–H and O–H groups in total. The van der Waals surface area contributed by atoms with Crippen molar-refractivity contribution in [1.82, 2.24) is 10.2 Å². The monoisotopic (exact) mass is 336 g/mol. The van der Waals surface area contributed by atoms with Gasteiger partial charge in [-0.05, 0) is 30.5 Å². The predicted molar refractivity (Wildman–Crippen MR) is 93.4 cm³/mol. The highest BCUT2D eigenvalue weighted by molar-refractivity contribution is 5.75. The predicted octanol–water partition coefficient (Wildman–Crippen LogP) is 2.94. The number of amides is 2. The highest BCUT2D eigenvalue weighted by Crippen LogP contribution is 2.19. The molecule has 6 nitrogen and oxygen atoms in total. The Bertz CT molecular complexity index is 542. The van der Waals surface area contributed by atoms with Crippen molar-refractivity contribution < 1.29 is 19.4 Å². The number of aliphatic carboxylic acids is 1. The molecule has 2 atom stereocenters. The molecule has 1 aromatic carbocycles. The highest BCUT2D eigenvalue weighted by Gasteiger charge is 2.17. The summed E-state index contributed by atoms with van der Waals surface area (Å²) in [7, 11) is 1.57. The lowest BCUT2D eigenvalue weighted by Crippen LogP contribution is -2.43. The molecule has 0 bridgehead atoms. The smallest absolute Gasteiger partial charge is 0.317 e. The van der Waals surface area contributed by atoms with Crippen LogP contribution < -0.4 is 10.1 Å². The van der Waals surface area contributed by atoms with E-state index in [2.05, 4.69) is 19.2 Å². The number of ether oxygens (including phenoxy) is 1. The Balaban J connectivity index is 2.41. The summed E-state index contributed by atoms with van der Waals surface area (Å²) in [6.45, 7) is 8.21. The molecule has 0 spiro atoms. The average molecular weight is 336 g/mol. The Morgan fingerprint density at radius 3 is 2.25 bits per heavy atom. The third kappa shape index (κ3) is 6.48. The van der Waals surface area contributed by atoms with Crippen LogP contribution in [0.15, 0.2) is 24.3 Å². The van der Waals surface area contributed by atoms with Crippen LogP contribution in [0.5, 0.6) is 5.75 Å². The summed E-state index contributed by atoms with van der Waals surface area (Å²) in [5, 5.41) is 11.6. The lowest BCUT2D eigenvalue weighted by Gasteiger charge is -2.22. The van der Waals surface area contributed by atoms with Crippen LogP contribution in [-0.2, 0) is 4.79 Å². The minimum absolute atomic E-state index is 0.160. The molecule has 0 saturated heterocycles. The van der Waals surface area contributed by atoms with Gasteiger partial charge in [0.05, 0.1) is 12.5 Å². The second kappa shape index (κ2) is 9.15. The average Bonchev–Trinajstić information content (AvgIpc) is 2.52. The van der Waals surface area contributed by atoms with E-state index in [4.69, 9.17) is 9.84 Å². The number of hydrogen-bond donors (Lipinski definition) is 2. The van der Waals surface area contributed by atoms with Gasteiger partial charge in [-0.2, -0.15) is 0 Å². The summed E-state index contributed by atoms with van der Waals surface area (Å²) in [4.78, 5) is 24.1. The van der Waals surface area contributed by atoms with Crippen LogP contribution in [0.2, 0.25) is 0 Å². The van der Waals surface area contributed by atoms with Crippen LogP contribution in [-0.4, -0.2) is 48.2 Å². The maximum atomic E-state index is 11.9. The quantitative estimate of drug-likeness (QED) is 0.765. The fourth-order valence-corrected chi connectivity index (χ4v) is 2.14. The fourth-order valence-electron chi connectivity index (χ4n) is 2.14. The molecule has 2 amide bonds. The van der Waals surface area contributed by atoms with Crippen molar-refractivity contribution in [2.75, 3.05) is 20.1 Å². The van der Waals surface area contributed by atoms with Gasteiger partial charge in [-0.25, -0.2) is 4.79 Å². The van der Waals surface area contributed by atoms with E-state index in [9.17, 15) is 9.59 Å². The highest BCUT2D eigenvalue weighted by atomic mass is 16.5. The van der Waals surface area contributed by atoms with E-state index in [-0.39, 0.29) is 18.7 Å². The van der Waals surface area contributed by atoms with Gasteiger partial charge in [0.2, 0.25) is 0 Å². The van der Waals surface area contributed by atoms with Gasteiger partial charge in [-0.1, -0.05) is 32.9 Å². The Morgan fingerprint density at radius 2 is 1.75 bits per heavy atom. The summed E-state index contributed by atoms with van der Waals surface area (Å²) in [5.41, 5.74) is 1.25. The van der Waals surface area contributed by atoms with Crippen molar-refractivity contribution in [3.63, 3.8) is 0 Å². The molecule has 6 heteroatoms. The topological polar surface area (TPSA) is 78.9 Å². The lowest BCUT2D eigenvalue weighted by atomic mass is 10.0. The maximum Gasteiger partial charge on any atom is 0.317 e. The fraction of sp³-hybridized carbons (Fsp3) is 0.556. The van der Waals surface area contributed by atoms with Gasteiger partial charge in [0.15, 0.2) is 0 Å². The number of benzene rings is 1. The lowest BCUT2D eigenvalue weighted by molar-refractivity contribution is -0.141. The summed E-state index contributed by atoms with van der Waals surface area (Å²) >= 11 is 0. The number of urea groups is 1. The molecular formula is C18H28N2O4. The first-order valence-corrected chi connectivity index (χ1v) is 8.19. The van der Waals surface area contributed by atoms with E-state index in [1.165, 1.54) is 10.5 Å². The molecule has 0 fully saturated rings. The van der Waals surface area contributed by atoms with Gasteiger partial charge in [-0.3, -0.25) is 4.79 Å². The summed E-state index contributed by atoms with van der Waals surface area (Å²) in [5.74, 6) is -0.293. The summed E-state index contributed by atoms with van der Waals surface area (Å²) in [6, 6.07) is 7.61. The Morgan fingerprint density at radius 1 is 1.17 bits per heavy atom. The van der Waals surface area contributed by atoms with Crippen molar-refractivity contribution >= 4 is 12.0 Å². The van der Waals surface area contributed by atoms with Crippen molar-refractivity contribution in [3.05, 3.63) is 29.8 Å². The van der Waals surface area contributed by atoms with E-state index in [0.29, 0.717) is 12.5 Å². The molecular weight excluding hydrogens is 308 g/mol. The number of hydrogen-bond acceptors (Lipinski definition) is 3. The number of nitrogens with zero attached hydrogens (tertiary/aromatic N) is 1.